The molecule has 1 fully saturated rings. The van der Waals surface area contributed by atoms with Gasteiger partial charge in [0.15, 0.2) is 12.4 Å². The second kappa shape index (κ2) is 7.75. The van der Waals surface area contributed by atoms with Crippen molar-refractivity contribution >= 4 is 58.0 Å². The van der Waals surface area contributed by atoms with Crippen molar-refractivity contribution in [3.63, 3.8) is 0 Å². The van der Waals surface area contributed by atoms with E-state index in [9.17, 15) is 14.7 Å². The van der Waals surface area contributed by atoms with Gasteiger partial charge in [0.1, 0.15) is 4.32 Å². The molecule has 1 aromatic heterocycles. The van der Waals surface area contributed by atoms with E-state index in [1.54, 1.807) is 18.5 Å². The summed E-state index contributed by atoms with van der Waals surface area (Å²) in [5.74, 6) is -1.05. The molecule has 116 valence electrons. The van der Waals surface area contributed by atoms with E-state index in [0.29, 0.717) is 17.1 Å². The normalized spacial score (nSPS) is 18.0. The van der Waals surface area contributed by atoms with Crippen LogP contribution >= 0.6 is 35.7 Å². The van der Waals surface area contributed by atoms with E-state index in [4.69, 9.17) is 12.2 Å². The first-order chi connectivity index (χ1) is 10.5. The van der Waals surface area contributed by atoms with Gasteiger partial charge in [0, 0.05) is 11.6 Å². The molecule has 1 aromatic rings. The fourth-order valence-electron chi connectivity index (χ4n) is 1.98. The van der Waals surface area contributed by atoms with Crippen LogP contribution in [0, 0.1) is 0 Å². The molecule has 5 nitrogen and oxygen atoms in total. The molecule has 1 saturated heterocycles. The van der Waals surface area contributed by atoms with Gasteiger partial charge in [-0.2, -0.15) is 11.8 Å². The number of H-pyrrole nitrogens is 1. The second-order valence-corrected chi connectivity index (χ2v) is 7.17. The number of thiocarbonyl (C=S) groups is 1. The predicted octanol–water partition coefficient (Wildman–Crippen LogP) is 0.573. The lowest BCUT2D eigenvalue weighted by atomic mass is 10.2. The fourth-order valence-corrected chi connectivity index (χ4v) is 3.79. The van der Waals surface area contributed by atoms with Crippen LogP contribution in [0.5, 0.6) is 0 Å². The Kier molecular flexibility index (Phi) is 5.98. The van der Waals surface area contributed by atoms with E-state index in [0.717, 1.165) is 22.2 Å². The zero-order valence-corrected chi connectivity index (χ0v) is 14.2. The highest BCUT2D eigenvalue weighted by Gasteiger charge is 2.37. The van der Waals surface area contributed by atoms with E-state index < -0.39 is 12.0 Å². The molecule has 0 saturated carbocycles. The quantitative estimate of drug-likeness (QED) is 0.549. The highest BCUT2D eigenvalue weighted by molar-refractivity contribution is 8.26. The van der Waals surface area contributed by atoms with Gasteiger partial charge in [-0.05, 0) is 30.6 Å². The SMILES string of the molecule is CSCCC(C(=O)[O-])N1C(=O)/C(=C\c2ccc[nH+]c2)SC1=S. The molecule has 0 radical (unpaired) electrons. The number of nitrogens with one attached hydrogen (secondary N) is 1. The van der Waals surface area contributed by atoms with Gasteiger partial charge in [-0.25, -0.2) is 4.98 Å². The Morgan fingerprint density at radius 1 is 1.64 bits per heavy atom. The third-order valence-electron chi connectivity index (χ3n) is 3.03. The molecule has 2 rings (SSSR count). The number of carboxylic acid groups (broad SMARTS) is 1. The van der Waals surface area contributed by atoms with Crippen molar-refractivity contribution in [3.8, 4) is 0 Å². The number of aromatic nitrogens is 1. The van der Waals surface area contributed by atoms with Crippen LogP contribution in [-0.4, -0.2) is 39.1 Å². The molecule has 8 heteroatoms. The molecule has 0 spiro atoms. The zero-order chi connectivity index (χ0) is 16.1. The maximum absolute atomic E-state index is 12.5. The largest absolute Gasteiger partial charge is 0.548 e. The summed E-state index contributed by atoms with van der Waals surface area (Å²) in [6.45, 7) is 0. The van der Waals surface area contributed by atoms with Gasteiger partial charge in [-0.1, -0.05) is 24.0 Å². The maximum Gasteiger partial charge on any atom is 0.266 e. The Balaban J connectivity index is 2.24. The number of hydrogen-bond donors (Lipinski definition) is 0. The minimum atomic E-state index is -1.28. The summed E-state index contributed by atoms with van der Waals surface area (Å²) in [5.41, 5.74) is 0.817. The highest BCUT2D eigenvalue weighted by Crippen LogP contribution is 2.34. The van der Waals surface area contributed by atoms with Gasteiger partial charge in [-0.3, -0.25) is 9.69 Å². The van der Waals surface area contributed by atoms with Crippen molar-refractivity contribution in [3.05, 3.63) is 35.0 Å². The minimum Gasteiger partial charge on any atom is -0.548 e. The predicted molar refractivity (Wildman–Crippen MR) is 89.8 cm³/mol. The molecule has 1 aliphatic rings. The molecule has 1 N–H and O–H groups in total. The van der Waals surface area contributed by atoms with Crippen LogP contribution in [0.1, 0.15) is 12.0 Å². The van der Waals surface area contributed by atoms with Gasteiger partial charge in [-0.15, -0.1) is 0 Å². The van der Waals surface area contributed by atoms with Crippen molar-refractivity contribution in [2.75, 3.05) is 12.0 Å². The van der Waals surface area contributed by atoms with E-state index in [2.05, 4.69) is 4.98 Å². The lowest BCUT2D eigenvalue weighted by Gasteiger charge is -2.27. The van der Waals surface area contributed by atoms with Crippen LogP contribution in [0.4, 0.5) is 0 Å². The molecular formula is C14H14N2O3S3. The van der Waals surface area contributed by atoms with Crippen molar-refractivity contribution in [1.82, 2.24) is 4.90 Å². The average Bonchev–Trinajstić information content (AvgIpc) is 2.76. The first-order valence-corrected chi connectivity index (χ1v) is 9.09. The maximum atomic E-state index is 12.5. The minimum absolute atomic E-state index is 0.256. The van der Waals surface area contributed by atoms with E-state index in [-0.39, 0.29) is 10.2 Å². The monoisotopic (exact) mass is 354 g/mol. The summed E-state index contributed by atoms with van der Waals surface area (Å²) >= 11 is 7.81. The highest BCUT2D eigenvalue weighted by atomic mass is 32.2. The lowest BCUT2D eigenvalue weighted by molar-refractivity contribution is -0.378. The van der Waals surface area contributed by atoms with Crippen LogP contribution in [0.15, 0.2) is 29.4 Å². The Morgan fingerprint density at radius 3 is 3.00 bits per heavy atom. The third kappa shape index (κ3) is 3.88. The molecular weight excluding hydrogens is 340 g/mol. The van der Waals surface area contributed by atoms with Crippen molar-refractivity contribution in [2.45, 2.75) is 12.5 Å². The van der Waals surface area contributed by atoms with E-state index in [1.165, 1.54) is 11.8 Å². The molecule has 0 aliphatic carbocycles. The van der Waals surface area contributed by atoms with Crippen LogP contribution in [-0.2, 0) is 9.59 Å². The van der Waals surface area contributed by atoms with Gasteiger partial charge in [0.05, 0.1) is 16.9 Å². The van der Waals surface area contributed by atoms with Crippen molar-refractivity contribution < 1.29 is 19.7 Å². The summed E-state index contributed by atoms with van der Waals surface area (Å²) in [4.78, 5) is 28.3. The summed E-state index contributed by atoms with van der Waals surface area (Å²) in [6.07, 6.45) is 7.38. The molecule has 1 atom stereocenters. The van der Waals surface area contributed by atoms with Gasteiger partial charge < -0.3 is 9.90 Å². The average molecular weight is 354 g/mol. The van der Waals surface area contributed by atoms with Crippen molar-refractivity contribution in [2.24, 2.45) is 0 Å². The number of aromatic amines is 1. The molecule has 1 aliphatic heterocycles. The smallest absolute Gasteiger partial charge is 0.266 e. The number of amides is 1. The fraction of sp³-hybridized carbons (Fsp3) is 0.286. The molecule has 1 amide bonds. The lowest BCUT2D eigenvalue weighted by Crippen LogP contribution is -2.50. The number of aliphatic carboxylic acids is 1. The Hall–Kier alpha value is -1.38. The third-order valence-corrected chi connectivity index (χ3v) is 5.01. The summed E-state index contributed by atoms with van der Waals surface area (Å²) in [7, 11) is 0. The topological polar surface area (TPSA) is 74.6 Å². The van der Waals surface area contributed by atoms with Gasteiger partial charge in [0.2, 0.25) is 0 Å². The number of carbonyl (C=O) groups excluding carboxylic acids is 2. The van der Waals surface area contributed by atoms with Crippen molar-refractivity contribution in [1.29, 1.82) is 0 Å². The summed E-state index contributed by atoms with van der Waals surface area (Å²) in [5, 5.41) is 11.3. The van der Waals surface area contributed by atoms with Crippen LogP contribution in [0.3, 0.4) is 0 Å². The number of carboxylic acids is 1. The summed E-state index contributed by atoms with van der Waals surface area (Å²) in [6, 6.07) is 2.63. The Bertz CT molecular complexity index is 619. The first kappa shape index (κ1) is 17.0. The number of rotatable bonds is 6. The van der Waals surface area contributed by atoms with E-state index in [1.807, 2.05) is 18.4 Å². The Morgan fingerprint density at radius 2 is 2.41 bits per heavy atom. The zero-order valence-electron chi connectivity index (χ0n) is 11.8. The van der Waals surface area contributed by atoms with Gasteiger partial charge in [0.25, 0.3) is 5.91 Å². The molecule has 0 bridgehead atoms. The molecule has 0 aromatic carbocycles. The second-order valence-electron chi connectivity index (χ2n) is 4.50. The Labute approximate surface area is 142 Å². The standard InChI is InChI=1S/C14H14N2O3S3/c1-21-6-4-10(13(18)19)16-12(17)11(22-14(16)20)7-9-3-2-5-15-8-9/h2-3,5,7-8,10H,4,6H2,1H3,(H,18,19)/b11-7+. The molecule has 1 unspecified atom stereocenters. The number of carbonyl (C=O) groups is 2. The molecule has 2 heterocycles. The number of nitrogens with zero attached hydrogens (tertiary/aromatic N) is 1. The number of pyridine rings is 1. The van der Waals surface area contributed by atoms with Crippen LogP contribution in [0.2, 0.25) is 0 Å². The van der Waals surface area contributed by atoms with Crippen LogP contribution < -0.4 is 10.1 Å². The van der Waals surface area contributed by atoms with Crippen LogP contribution in [0.25, 0.3) is 6.08 Å². The summed E-state index contributed by atoms with van der Waals surface area (Å²) < 4.78 is 0.256. The number of hydrogen-bond acceptors (Lipinski definition) is 6. The van der Waals surface area contributed by atoms with E-state index >= 15 is 0 Å². The molecule has 22 heavy (non-hydrogen) atoms. The number of thioether (sulfide) groups is 2. The first-order valence-electron chi connectivity index (χ1n) is 6.47. The van der Waals surface area contributed by atoms with Gasteiger partial charge >= 0.3 is 0 Å².